The highest BCUT2D eigenvalue weighted by Gasteiger charge is 2.22. The summed E-state index contributed by atoms with van der Waals surface area (Å²) in [5.41, 5.74) is -0.485. The Balaban J connectivity index is 3.09. The van der Waals surface area contributed by atoms with E-state index in [0.29, 0.717) is 6.61 Å². The van der Waals surface area contributed by atoms with Crippen LogP contribution in [-0.2, 0) is 14.8 Å². The van der Waals surface area contributed by atoms with Crippen LogP contribution in [-0.4, -0.2) is 33.6 Å². The van der Waals surface area contributed by atoms with Crippen molar-refractivity contribution in [2.45, 2.75) is 24.3 Å². The number of carbonyl (C=O) groups excluding carboxylic acids is 1. The minimum Gasteiger partial charge on any atom is -0.382 e. The maximum Gasteiger partial charge on any atom is 0.251 e. The molecule has 0 fully saturated rings. The molecule has 6 nitrogen and oxygen atoms in total. The number of hydrogen-bond acceptors (Lipinski definition) is 4. The fourth-order valence-electron chi connectivity index (χ4n) is 1.63. The number of nitrogens with one attached hydrogen (secondary N) is 1. The van der Waals surface area contributed by atoms with Crippen molar-refractivity contribution in [2.24, 2.45) is 5.14 Å². The van der Waals surface area contributed by atoms with Gasteiger partial charge in [-0.25, -0.2) is 13.6 Å². The molecule has 20 heavy (non-hydrogen) atoms. The summed E-state index contributed by atoms with van der Waals surface area (Å²) in [6.45, 7) is 3.86. The van der Waals surface area contributed by atoms with E-state index in [1.54, 1.807) is 13.8 Å². The van der Waals surface area contributed by atoms with Crippen molar-refractivity contribution in [3.8, 4) is 0 Å². The highest BCUT2D eigenvalue weighted by Crippen LogP contribution is 2.19. The third-order valence-corrected chi connectivity index (χ3v) is 3.53. The molecule has 0 saturated carbocycles. The molecule has 0 bridgehead atoms. The van der Waals surface area contributed by atoms with Crippen LogP contribution in [0.25, 0.3) is 0 Å². The fourth-order valence-corrected chi connectivity index (χ4v) is 2.52. The first kappa shape index (κ1) is 16.9. The molecule has 0 spiro atoms. The first-order valence-corrected chi connectivity index (χ1v) is 7.62. The van der Waals surface area contributed by atoms with Crippen LogP contribution < -0.4 is 10.5 Å². The van der Waals surface area contributed by atoms with Crippen LogP contribution in [0.1, 0.15) is 24.2 Å². The number of carbonyl (C=O) groups is 1. The topological polar surface area (TPSA) is 98.5 Å². The molecule has 0 aliphatic carbocycles. The highest BCUT2D eigenvalue weighted by atomic mass is 35.5. The number of methoxy groups -OCH3 is 1. The lowest BCUT2D eigenvalue weighted by atomic mass is 10.1. The highest BCUT2D eigenvalue weighted by molar-refractivity contribution is 7.89. The number of benzene rings is 1. The van der Waals surface area contributed by atoms with Crippen molar-refractivity contribution in [2.75, 3.05) is 13.7 Å². The standard InChI is InChI=1S/C12H17ClN2O4S/c1-12(2,7-19-3)15-11(16)8-4-9(13)6-10(5-8)20(14,17)18/h4-6H,7H2,1-3H3,(H,15,16)(H2,14,17,18). The van der Waals surface area contributed by atoms with E-state index in [2.05, 4.69) is 5.32 Å². The predicted octanol–water partition coefficient (Wildman–Crippen LogP) is 1.14. The van der Waals surface area contributed by atoms with Gasteiger partial charge in [-0.2, -0.15) is 0 Å². The molecular formula is C12H17ClN2O4S. The zero-order valence-electron chi connectivity index (χ0n) is 11.4. The van der Waals surface area contributed by atoms with Crippen molar-refractivity contribution < 1.29 is 17.9 Å². The smallest absolute Gasteiger partial charge is 0.251 e. The second kappa shape index (κ2) is 6.09. The maximum atomic E-state index is 12.1. The van der Waals surface area contributed by atoms with Gasteiger partial charge in [0.05, 0.1) is 17.0 Å². The molecule has 1 amide bonds. The summed E-state index contributed by atoms with van der Waals surface area (Å²) in [4.78, 5) is 11.9. The summed E-state index contributed by atoms with van der Waals surface area (Å²) in [6, 6.07) is 3.74. The summed E-state index contributed by atoms with van der Waals surface area (Å²) in [7, 11) is -2.40. The maximum absolute atomic E-state index is 12.1. The Morgan fingerprint density at radius 3 is 2.50 bits per heavy atom. The summed E-state index contributed by atoms with van der Waals surface area (Å²) >= 11 is 5.81. The van der Waals surface area contributed by atoms with Gasteiger partial charge in [0.2, 0.25) is 10.0 Å². The Hall–Kier alpha value is -1.15. The van der Waals surface area contributed by atoms with Crippen molar-refractivity contribution in [1.29, 1.82) is 0 Å². The molecule has 0 heterocycles. The third-order valence-electron chi connectivity index (χ3n) is 2.42. The van der Waals surface area contributed by atoms with Gasteiger partial charge in [0.1, 0.15) is 0 Å². The van der Waals surface area contributed by atoms with Gasteiger partial charge in [-0.05, 0) is 32.0 Å². The first-order valence-electron chi connectivity index (χ1n) is 5.70. The van der Waals surface area contributed by atoms with Gasteiger partial charge in [0.25, 0.3) is 5.91 Å². The molecule has 3 N–H and O–H groups in total. The fraction of sp³-hybridized carbons (Fsp3) is 0.417. The molecule has 0 aliphatic rings. The van der Waals surface area contributed by atoms with Gasteiger partial charge >= 0.3 is 0 Å². The van der Waals surface area contributed by atoms with E-state index < -0.39 is 21.5 Å². The number of hydrogen-bond donors (Lipinski definition) is 2. The van der Waals surface area contributed by atoms with Crippen LogP contribution in [0, 0.1) is 0 Å². The molecule has 0 atom stereocenters. The van der Waals surface area contributed by atoms with Crippen molar-refractivity contribution in [1.82, 2.24) is 5.32 Å². The molecule has 1 aromatic carbocycles. The van der Waals surface area contributed by atoms with Gasteiger partial charge < -0.3 is 10.1 Å². The van der Waals surface area contributed by atoms with Gasteiger partial charge in [-0.3, -0.25) is 4.79 Å². The van der Waals surface area contributed by atoms with E-state index in [-0.39, 0.29) is 15.5 Å². The molecule has 0 aliphatic heterocycles. The van der Waals surface area contributed by atoms with Crippen molar-refractivity contribution in [3.05, 3.63) is 28.8 Å². The number of amides is 1. The lowest BCUT2D eigenvalue weighted by Crippen LogP contribution is -2.46. The molecule has 112 valence electrons. The zero-order chi connectivity index (χ0) is 15.6. The minimum atomic E-state index is -3.92. The average Bonchev–Trinajstić information content (AvgIpc) is 2.26. The van der Waals surface area contributed by atoms with E-state index in [1.807, 2.05) is 0 Å². The number of primary sulfonamides is 1. The molecule has 0 radical (unpaired) electrons. The Kier molecular flexibility index (Phi) is 5.15. The van der Waals surface area contributed by atoms with Gasteiger partial charge in [0, 0.05) is 17.7 Å². The third kappa shape index (κ3) is 4.75. The molecular weight excluding hydrogens is 304 g/mol. The molecule has 0 aromatic heterocycles. The lowest BCUT2D eigenvalue weighted by molar-refractivity contribution is 0.0820. The zero-order valence-corrected chi connectivity index (χ0v) is 13.0. The Morgan fingerprint density at radius 2 is 2.00 bits per heavy atom. The average molecular weight is 321 g/mol. The van der Waals surface area contributed by atoms with Crippen molar-refractivity contribution in [3.63, 3.8) is 0 Å². The molecule has 0 saturated heterocycles. The van der Waals surface area contributed by atoms with Crippen molar-refractivity contribution >= 4 is 27.5 Å². The number of sulfonamides is 1. The Labute approximate surface area is 123 Å². The van der Waals surface area contributed by atoms with Gasteiger partial charge in [-0.1, -0.05) is 11.6 Å². The van der Waals surface area contributed by atoms with E-state index in [1.165, 1.54) is 25.3 Å². The van der Waals surface area contributed by atoms with Crippen LogP contribution in [0.2, 0.25) is 5.02 Å². The quantitative estimate of drug-likeness (QED) is 0.850. The van der Waals surface area contributed by atoms with Crippen LogP contribution in [0.15, 0.2) is 23.1 Å². The largest absolute Gasteiger partial charge is 0.382 e. The molecule has 1 aromatic rings. The number of ether oxygens (including phenoxy) is 1. The first-order chi connectivity index (χ1) is 9.05. The van der Waals surface area contributed by atoms with Crippen LogP contribution >= 0.6 is 11.6 Å². The van der Waals surface area contributed by atoms with Crippen LogP contribution in [0.5, 0.6) is 0 Å². The van der Waals surface area contributed by atoms with E-state index >= 15 is 0 Å². The second-order valence-electron chi connectivity index (χ2n) is 4.99. The number of halogens is 1. The van der Waals surface area contributed by atoms with Crippen LogP contribution in [0.3, 0.4) is 0 Å². The minimum absolute atomic E-state index is 0.116. The monoisotopic (exact) mass is 320 g/mol. The Bertz CT molecular complexity index is 614. The molecule has 1 rings (SSSR count). The van der Waals surface area contributed by atoms with Crippen LogP contribution in [0.4, 0.5) is 0 Å². The predicted molar refractivity (Wildman–Crippen MR) is 76.2 cm³/mol. The normalized spacial score (nSPS) is 12.2. The second-order valence-corrected chi connectivity index (χ2v) is 6.99. The van der Waals surface area contributed by atoms with Gasteiger partial charge in [-0.15, -0.1) is 0 Å². The van der Waals surface area contributed by atoms with E-state index in [9.17, 15) is 13.2 Å². The van der Waals surface area contributed by atoms with Gasteiger partial charge in [0.15, 0.2) is 0 Å². The number of nitrogens with two attached hydrogens (primary N) is 1. The lowest BCUT2D eigenvalue weighted by Gasteiger charge is -2.25. The summed E-state index contributed by atoms with van der Waals surface area (Å²) < 4.78 is 27.6. The molecule has 0 unspecified atom stereocenters. The summed E-state index contributed by atoms with van der Waals surface area (Å²) in [6.07, 6.45) is 0. The molecule has 8 heteroatoms. The number of rotatable bonds is 5. The Morgan fingerprint density at radius 1 is 1.40 bits per heavy atom. The summed E-state index contributed by atoms with van der Waals surface area (Å²) in [5.74, 6) is -0.459. The SMILES string of the molecule is COCC(C)(C)NC(=O)c1cc(Cl)cc(S(N)(=O)=O)c1. The van der Waals surface area contributed by atoms with E-state index in [4.69, 9.17) is 21.5 Å². The summed E-state index contributed by atoms with van der Waals surface area (Å²) in [5, 5.41) is 7.87. The van der Waals surface area contributed by atoms with E-state index in [0.717, 1.165) is 0 Å².